The normalized spacial score (nSPS) is 31.8. The van der Waals surface area contributed by atoms with E-state index in [-0.39, 0.29) is 23.7 Å². The van der Waals surface area contributed by atoms with Crippen molar-refractivity contribution in [1.29, 1.82) is 0 Å². The molecule has 3 aliphatic carbocycles. The number of carboxylic acids is 1. The summed E-state index contributed by atoms with van der Waals surface area (Å²) in [5, 5.41) is 9.67. The summed E-state index contributed by atoms with van der Waals surface area (Å²) in [5.74, 6) is -0.446. The van der Waals surface area contributed by atoms with E-state index in [4.69, 9.17) is 0 Å². The molecule has 0 spiro atoms. The Morgan fingerprint density at radius 3 is 2.04 bits per heavy atom. The highest BCUT2D eigenvalue weighted by Gasteiger charge is 2.51. The van der Waals surface area contributed by atoms with Crippen LogP contribution < -0.4 is 4.90 Å². The van der Waals surface area contributed by atoms with Gasteiger partial charge in [-0.2, -0.15) is 0 Å². The van der Waals surface area contributed by atoms with Crippen LogP contribution in [0.15, 0.2) is 18.5 Å². The molecular weight excluding hydrogens is 320 g/mol. The molecule has 7 nitrogen and oxygen atoms in total. The predicted molar refractivity (Wildman–Crippen MR) is 90.9 cm³/mol. The molecule has 5 rings (SSSR count). The van der Waals surface area contributed by atoms with Crippen molar-refractivity contribution in [3.05, 3.63) is 18.5 Å². The van der Waals surface area contributed by atoms with E-state index in [9.17, 15) is 14.7 Å². The van der Waals surface area contributed by atoms with Crippen molar-refractivity contribution in [2.24, 2.45) is 23.7 Å². The molecule has 4 aliphatic rings. The number of fused-ring (bicyclic) bond motifs is 3. The fourth-order valence-corrected chi connectivity index (χ4v) is 4.95. The molecule has 1 saturated heterocycles. The fourth-order valence-electron chi connectivity index (χ4n) is 4.95. The molecule has 7 heteroatoms. The van der Waals surface area contributed by atoms with Crippen LogP contribution in [0.1, 0.15) is 25.7 Å². The van der Waals surface area contributed by atoms with E-state index in [2.05, 4.69) is 14.9 Å². The van der Waals surface area contributed by atoms with Crippen LogP contribution in [0.3, 0.4) is 0 Å². The van der Waals surface area contributed by atoms with Crippen molar-refractivity contribution >= 4 is 17.8 Å². The second kappa shape index (κ2) is 6.61. The van der Waals surface area contributed by atoms with Gasteiger partial charge in [0.05, 0.1) is 11.8 Å². The number of rotatable bonds is 3. The Kier molecular flexibility index (Phi) is 4.31. The highest BCUT2D eigenvalue weighted by atomic mass is 16.4. The summed E-state index contributed by atoms with van der Waals surface area (Å²) in [6.45, 7) is 2.59. The van der Waals surface area contributed by atoms with Crippen LogP contribution in [0.2, 0.25) is 0 Å². The van der Waals surface area contributed by atoms with E-state index in [1.165, 1.54) is 0 Å². The number of carbonyl (C=O) groups excluding carboxylic acids is 1. The SMILES string of the molecule is O=C(O)[C@@H]1C2CCC(CC2)[C@@H]1C(=O)N1CCN(c2ncccn2)CC1. The van der Waals surface area contributed by atoms with E-state index in [0.717, 1.165) is 25.7 Å². The molecule has 1 N–H and O–H groups in total. The number of hydrogen-bond acceptors (Lipinski definition) is 5. The summed E-state index contributed by atoms with van der Waals surface area (Å²) in [7, 11) is 0. The molecule has 0 aromatic carbocycles. The van der Waals surface area contributed by atoms with Crippen molar-refractivity contribution in [3.8, 4) is 0 Å². The van der Waals surface area contributed by atoms with Crippen molar-refractivity contribution in [2.75, 3.05) is 31.1 Å². The highest BCUT2D eigenvalue weighted by Crippen LogP contribution is 2.49. The first-order valence-electron chi connectivity index (χ1n) is 9.18. The molecule has 25 heavy (non-hydrogen) atoms. The van der Waals surface area contributed by atoms with Crippen molar-refractivity contribution < 1.29 is 14.7 Å². The molecule has 2 atom stereocenters. The van der Waals surface area contributed by atoms with Gasteiger partial charge in [-0.15, -0.1) is 0 Å². The summed E-state index contributed by atoms with van der Waals surface area (Å²) in [5.41, 5.74) is 0. The molecule has 0 unspecified atom stereocenters. The zero-order valence-electron chi connectivity index (χ0n) is 14.3. The molecule has 0 radical (unpaired) electrons. The minimum atomic E-state index is -0.788. The van der Waals surface area contributed by atoms with Crippen LogP contribution in [0.25, 0.3) is 0 Å². The van der Waals surface area contributed by atoms with Crippen LogP contribution in [0.4, 0.5) is 5.95 Å². The summed E-state index contributed by atoms with van der Waals surface area (Å²) in [6, 6.07) is 1.79. The monoisotopic (exact) mass is 344 g/mol. The highest BCUT2D eigenvalue weighted by molar-refractivity contribution is 5.86. The number of aromatic nitrogens is 2. The van der Waals surface area contributed by atoms with Gasteiger partial charge in [-0.25, -0.2) is 9.97 Å². The lowest BCUT2D eigenvalue weighted by molar-refractivity contribution is -0.162. The molecule has 1 aromatic rings. The second-order valence-electron chi connectivity index (χ2n) is 7.43. The number of hydrogen-bond donors (Lipinski definition) is 1. The maximum Gasteiger partial charge on any atom is 0.307 e. The van der Waals surface area contributed by atoms with Crippen LogP contribution in [-0.2, 0) is 9.59 Å². The summed E-state index contributed by atoms with van der Waals surface area (Å²) < 4.78 is 0. The minimum absolute atomic E-state index is 0.0513. The third-order valence-electron chi connectivity index (χ3n) is 6.22. The first-order valence-corrected chi connectivity index (χ1v) is 9.18. The topological polar surface area (TPSA) is 86.6 Å². The van der Waals surface area contributed by atoms with Gasteiger partial charge in [0.1, 0.15) is 0 Å². The number of anilines is 1. The Bertz CT molecular complexity index is 637. The second-order valence-corrected chi connectivity index (χ2v) is 7.43. The van der Waals surface area contributed by atoms with Gasteiger partial charge in [-0.05, 0) is 43.6 Å². The van der Waals surface area contributed by atoms with Crippen LogP contribution >= 0.6 is 0 Å². The van der Waals surface area contributed by atoms with Crippen LogP contribution in [0, 0.1) is 23.7 Å². The Morgan fingerprint density at radius 2 is 1.48 bits per heavy atom. The van der Waals surface area contributed by atoms with Crippen LogP contribution in [-0.4, -0.2) is 58.0 Å². The van der Waals surface area contributed by atoms with E-state index in [1.54, 1.807) is 18.5 Å². The zero-order valence-corrected chi connectivity index (χ0v) is 14.3. The molecule has 2 heterocycles. The number of nitrogens with zero attached hydrogens (tertiary/aromatic N) is 4. The predicted octanol–water partition coefficient (Wildman–Crippen LogP) is 1.26. The first-order chi connectivity index (χ1) is 12.1. The van der Waals surface area contributed by atoms with Gasteiger partial charge in [0.2, 0.25) is 11.9 Å². The van der Waals surface area contributed by atoms with E-state index < -0.39 is 11.9 Å². The average Bonchev–Trinajstić information content (AvgIpc) is 2.68. The fraction of sp³-hybridized carbons (Fsp3) is 0.667. The van der Waals surface area contributed by atoms with Crippen molar-refractivity contribution in [2.45, 2.75) is 25.7 Å². The molecule has 1 aliphatic heterocycles. The summed E-state index contributed by atoms with van der Waals surface area (Å²) >= 11 is 0. The molecule has 134 valence electrons. The molecule has 1 aromatic heterocycles. The standard InChI is InChI=1S/C18H24N4O3/c23-16(14-12-2-4-13(5-3-12)15(14)17(24)25)21-8-10-22(11-9-21)18-19-6-1-7-20-18/h1,6-7,12-15H,2-5,8-11H2,(H,24,25)/t12?,13?,14-,15+/m0/s1. The third-order valence-corrected chi connectivity index (χ3v) is 6.22. The van der Waals surface area contributed by atoms with E-state index >= 15 is 0 Å². The number of amides is 1. The average molecular weight is 344 g/mol. The van der Waals surface area contributed by atoms with Gasteiger partial charge in [0.25, 0.3) is 0 Å². The molecule has 4 fully saturated rings. The van der Waals surface area contributed by atoms with Gasteiger partial charge in [-0.1, -0.05) is 0 Å². The number of carbonyl (C=O) groups is 2. The van der Waals surface area contributed by atoms with Gasteiger partial charge < -0.3 is 14.9 Å². The Labute approximate surface area is 147 Å². The van der Waals surface area contributed by atoms with Gasteiger partial charge in [0, 0.05) is 38.6 Å². The van der Waals surface area contributed by atoms with Crippen molar-refractivity contribution in [3.63, 3.8) is 0 Å². The van der Waals surface area contributed by atoms with Gasteiger partial charge in [0.15, 0.2) is 0 Å². The Hall–Kier alpha value is -2.18. The molecular formula is C18H24N4O3. The lowest BCUT2D eigenvalue weighted by Crippen LogP contribution is -2.56. The first kappa shape index (κ1) is 16.3. The van der Waals surface area contributed by atoms with E-state index in [0.29, 0.717) is 32.1 Å². The van der Waals surface area contributed by atoms with Crippen molar-refractivity contribution in [1.82, 2.24) is 14.9 Å². The zero-order chi connectivity index (χ0) is 17.4. The minimum Gasteiger partial charge on any atom is -0.481 e. The molecule has 2 bridgehead atoms. The maximum atomic E-state index is 13.1. The third kappa shape index (κ3) is 2.96. The Morgan fingerprint density at radius 1 is 0.920 bits per heavy atom. The number of aliphatic carboxylic acids is 1. The smallest absolute Gasteiger partial charge is 0.307 e. The van der Waals surface area contributed by atoms with E-state index in [1.807, 2.05) is 4.90 Å². The quantitative estimate of drug-likeness (QED) is 0.888. The lowest BCUT2D eigenvalue weighted by atomic mass is 9.58. The summed E-state index contributed by atoms with van der Waals surface area (Å²) in [6.07, 6.45) is 7.37. The Balaban J connectivity index is 1.44. The van der Waals surface area contributed by atoms with Crippen LogP contribution in [0.5, 0.6) is 0 Å². The largest absolute Gasteiger partial charge is 0.481 e. The van der Waals surface area contributed by atoms with Gasteiger partial charge >= 0.3 is 5.97 Å². The summed E-state index contributed by atoms with van der Waals surface area (Å²) in [4.78, 5) is 37.4. The number of carboxylic acid groups (broad SMARTS) is 1. The van der Waals surface area contributed by atoms with Gasteiger partial charge in [-0.3, -0.25) is 9.59 Å². The maximum absolute atomic E-state index is 13.1. The molecule has 3 saturated carbocycles. The lowest BCUT2D eigenvalue weighted by Gasteiger charge is -2.48. The number of piperazine rings is 1. The molecule has 1 amide bonds.